The number of carboxylic acids is 2. The molecule has 0 atom stereocenters. The fourth-order valence-corrected chi connectivity index (χ4v) is 8.08. The SMILES string of the molecule is CC(C)Nc1cccc(COc2c(Br)cc(CCC(=O)O)cc2Br)c1.CSCCNc1cccc(COc2c(Br)cc(CCC(=O)O)cc2Br)c1. The molecule has 8 nitrogen and oxygen atoms in total. The molecule has 0 aromatic heterocycles. The van der Waals surface area contributed by atoms with E-state index in [1.807, 2.05) is 72.4 Å². The summed E-state index contributed by atoms with van der Waals surface area (Å²) < 4.78 is 15.2. The molecule has 0 saturated heterocycles. The van der Waals surface area contributed by atoms with Crippen LogP contribution in [-0.2, 0) is 35.6 Å². The number of nitrogens with one attached hydrogen (secondary N) is 2. The van der Waals surface area contributed by atoms with Crippen molar-refractivity contribution in [2.24, 2.45) is 0 Å². The smallest absolute Gasteiger partial charge is 0.303 e. The largest absolute Gasteiger partial charge is 0.487 e. The third kappa shape index (κ3) is 15.8. The molecule has 0 unspecified atom stereocenters. The fraction of sp³-hybridized carbons (Fsp3) is 0.316. The highest BCUT2D eigenvalue weighted by Gasteiger charge is 2.12. The lowest BCUT2D eigenvalue weighted by Crippen LogP contribution is -2.09. The van der Waals surface area contributed by atoms with Crippen LogP contribution in [0.1, 0.15) is 48.9 Å². The van der Waals surface area contributed by atoms with Gasteiger partial charge < -0.3 is 30.3 Å². The van der Waals surface area contributed by atoms with Gasteiger partial charge in [-0.15, -0.1) is 0 Å². The second-order valence-electron chi connectivity index (χ2n) is 11.8. The van der Waals surface area contributed by atoms with Gasteiger partial charge in [0.25, 0.3) is 0 Å². The van der Waals surface area contributed by atoms with E-state index in [-0.39, 0.29) is 12.8 Å². The number of rotatable bonds is 18. The minimum absolute atomic E-state index is 0.106. The Balaban J connectivity index is 0.000000276. The van der Waals surface area contributed by atoms with Gasteiger partial charge in [-0.1, -0.05) is 24.3 Å². The van der Waals surface area contributed by atoms with Crippen molar-refractivity contribution in [1.29, 1.82) is 0 Å². The average molecular weight is 974 g/mol. The van der Waals surface area contributed by atoms with Crippen molar-refractivity contribution >= 4 is 98.8 Å². The number of benzene rings is 4. The highest BCUT2D eigenvalue weighted by Crippen LogP contribution is 2.37. The predicted octanol–water partition coefficient (Wildman–Crippen LogP) is 11.2. The molecule has 0 saturated carbocycles. The molecule has 13 heteroatoms. The van der Waals surface area contributed by atoms with E-state index in [0.717, 1.165) is 63.8 Å². The Morgan fingerprint density at radius 2 is 1.12 bits per heavy atom. The lowest BCUT2D eigenvalue weighted by atomic mass is 10.1. The van der Waals surface area contributed by atoms with Gasteiger partial charge in [0.15, 0.2) is 0 Å². The van der Waals surface area contributed by atoms with Crippen molar-refractivity contribution < 1.29 is 29.3 Å². The van der Waals surface area contributed by atoms with Crippen molar-refractivity contribution in [3.05, 3.63) is 113 Å². The van der Waals surface area contributed by atoms with E-state index in [9.17, 15) is 9.59 Å². The Morgan fingerprint density at radius 1 is 0.686 bits per heavy atom. The Labute approximate surface area is 338 Å². The highest BCUT2D eigenvalue weighted by atomic mass is 79.9. The van der Waals surface area contributed by atoms with E-state index in [1.54, 1.807) is 0 Å². The fourth-order valence-electron chi connectivity index (χ4n) is 4.76. The van der Waals surface area contributed by atoms with Crippen LogP contribution in [0.5, 0.6) is 11.5 Å². The van der Waals surface area contributed by atoms with Crippen LogP contribution < -0.4 is 20.1 Å². The normalized spacial score (nSPS) is 10.7. The van der Waals surface area contributed by atoms with Gasteiger partial charge in [0, 0.05) is 42.6 Å². The number of thioether (sulfide) groups is 1. The van der Waals surface area contributed by atoms with Crippen LogP contribution in [0.15, 0.2) is 90.7 Å². The maximum absolute atomic E-state index is 10.7. The quantitative estimate of drug-likeness (QED) is 0.0723. The number of aliphatic carboxylic acids is 2. The summed E-state index contributed by atoms with van der Waals surface area (Å²) in [5, 5.41) is 24.4. The van der Waals surface area contributed by atoms with Crippen molar-refractivity contribution in [2.75, 3.05) is 29.2 Å². The summed E-state index contributed by atoms with van der Waals surface area (Å²) in [5.41, 5.74) is 6.18. The first-order valence-corrected chi connectivity index (χ1v) is 20.7. The third-order valence-corrected chi connectivity index (χ3v) is 10.1. The van der Waals surface area contributed by atoms with E-state index in [1.165, 1.54) is 0 Å². The van der Waals surface area contributed by atoms with Gasteiger partial charge in [0.1, 0.15) is 24.7 Å². The first-order chi connectivity index (χ1) is 24.3. The molecule has 51 heavy (non-hydrogen) atoms. The van der Waals surface area contributed by atoms with Crippen LogP contribution in [0.2, 0.25) is 0 Å². The molecule has 0 amide bonds. The molecular weight excluding hydrogens is 932 g/mol. The number of carboxylic acid groups (broad SMARTS) is 2. The van der Waals surface area contributed by atoms with Crippen LogP contribution in [-0.4, -0.2) is 46.7 Å². The van der Waals surface area contributed by atoms with Gasteiger partial charge in [-0.25, -0.2) is 0 Å². The average Bonchev–Trinajstić information content (AvgIpc) is 3.06. The standard InChI is InChI=1S/C19H21Br2NO3S.C19H21Br2NO3/c1-26-8-7-22-15-4-2-3-14(9-15)12-25-19-16(20)10-13(11-17(19)21)5-6-18(23)24;1-12(2)22-15-5-3-4-14(8-15)11-25-19-16(20)9-13(10-17(19)21)6-7-18(23)24/h2-4,9-11,22H,5-8,12H2,1H3,(H,23,24);3-5,8-10,12,22H,6-7,11H2,1-2H3,(H,23,24). The minimum Gasteiger partial charge on any atom is -0.487 e. The second kappa shape index (κ2) is 22.4. The number of hydrogen-bond acceptors (Lipinski definition) is 7. The lowest BCUT2D eigenvalue weighted by molar-refractivity contribution is -0.138. The first-order valence-electron chi connectivity index (χ1n) is 16.2. The summed E-state index contributed by atoms with van der Waals surface area (Å²) >= 11 is 15.9. The van der Waals surface area contributed by atoms with Gasteiger partial charge in [0.2, 0.25) is 0 Å². The Morgan fingerprint density at radius 3 is 1.53 bits per heavy atom. The molecule has 0 fully saturated rings. The molecule has 4 aromatic rings. The van der Waals surface area contributed by atoms with Crippen LogP contribution in [0, 0.1) is 0 Å². The number of carbonyl (C=O) groups is 2. The Hall–Kier alpha value is -2.71. The van der Waals surface area contributed by atoms with Gasteiger partial charge in [-0.05, 0) is 167 Å². The van der Waals surface area contributed by atoms with Crippen LogP contribution in [0.25, 0.3) is 0 Å². The number of anilines is 2. The zero-order chi connectivity index (χ0) is 37.3. The molecule has 0 aliphatic carbocycles. The van der Waals surface area contributed by atoms with E-state index in [0.29, 0.717) is 43.6 Å². The molecular formula is C38H42Br4N2O6S. The maximum atomic E-state index is 10.7. The number of ether oxygens (including phenoxy) is 2. The molecule has 4 rings (SSSR count). The number of halogens is 4. The zero-order valence-corrected chi connectivity index (χ0v) is 35.8. The van der Waals surface area contributed by atoms with Crippen LogP contribution >= 0.6 is 75.5 Å². The van der Waals surface area contributed by atoms with E-state index >= 15 is 0 Å². The van der Waals surface area contributed by atoms with E-state index in [2.05, 4.69) is 107 Å². The highest BCUT2D eigenvalue weighted by molar-refractivity contribution is 9.11. The molecule has 0 spiro atoms. The summed E-state index contributed by atoms with van der Waals surface area (Å²) in [7, 11) is 0. The summed E-state index contributed by atoms with van der Waals surface area (Å²) in [6.45, 7) is 6.02. The second-order valence-corrected chi connectivity index (χ2v) is 16.2. The summed E-state index contributed by atoms with van der Waals surface area (Å²) in [5.74, 6) is 0.881. The molecule has 0 aliphatic heterocycles. The Kier molecular flexibility index (Phi) is 18.7. The van der Waals surface area contributed by atoms with Gasteiger partial charge in [-0.3, -0.25) is 9.59 Å². The van der Waals surface area contributed by atoms with Gasteiger partial charge >= 0.3 is 11.9 Å². The van der Waals surface area contributed by atoms with E-state index in [4.69, 9.17) is 19.7 Å². The number of aryl methyl sites for hydroxylation is 2. The molecule has 274 valence electrons. The molecule has 0 radical (unpaired) electrons. The summed E-state index contributed by atoms with van der Waals surface area (Å²) in [6.07, 6.45) is 3.27. The van der Waals surface area contributed by atoms with Crippen molar-refractivity contribution in [3.63, 3.8) is 0 Å². The predicted molar refractivity (Wildman–Crippen MR) is 223 cm³/mol. The minimum atomic E-state index is -0.803. The maximum Gasteiger partial charge on any atom is 0.303 e. The molecule has 0 heterocycles. The Bertz CT molecular complexity index is 1710. The molecule has 0 bridgehead atoms. The lowest BCUT2D eigenvalue weighted by Gasteiger charge is -2.14. The van der Waals surface area contributed by atoms with Crippen LogP contribution in [0.4, 0.5) is 11.4 Å². The monoisotopic (exact) mass is 970 g/mol. The molecule has 4 aromatic carbocycles. The van der Waals surface area contributed by atoms with Crippen LogP contribution in [0.3, 0.4) is 0 Å². The topological polar surface area (TPSA) is 117 Å². The third-order valence-electron chi connectivity index (χ3n) is 7.08. The van der Waals surface area contributed by atoms with Crippen molar-refractivity contribution in [1.82, 2.24) is 0 Å². The molecule has 0 aliphatic rings. The van der Waals surface area contributed by atoms with Crippen molar-refractivity contribution in [3.8, 4) is 11.5 Å². The zero-order valence-electron chi connectivity index (χ0n) is 28.6. The number of hydrogen-bond donors (Lipinski definition) is 4. The van der Waals surface area contributed by atoms with Crippen molar-refractivity contribution in [2.45, 2.75) is 58.8 Å². The summed E-state index contributed by atoms with van der Waals surface area (Å²) in [4.78, 5) is 21.4. The first kappa shape index (κ1) is 42.7. The van der Waals surface area contributed by atoms with Gasteiger partial charge in [0.05, 0.1) is 17.9 Å². The van der Waals surface area contributed by atoms with E-state index < -0.39 is 11.9 Å². The molecule has 4 N–H and O–H groups in total. The summed E-state index contributed by atoms with van der Waals surface area (Å²) in [6, 6.07) is 24.3. The van der Waals surface area contributed by atoms with Gasteiger partial charge in [-0.2, -0.15) is 11.8 Å².